The number of nitrogens with one attached hydrogen (secondary N) is 2. The Morgan fingerprint density at radius 3 is 2.46 bits per heavy atom. The normalized spacial score (nSPS) is 11.0. The van der Waals surface area contributed by atoms with Crippen molar-refractivity contribution in [1.82, 2.24) is 10.9 Å². The Morgan fingerprint density at radius 2 is 1.79 bits per heavy atom. The number of carbonyl (C=O) groups excluding carboxylic acids is 2. The van der Waals surface area contributed by atoms with Crippen molar-refractivity contribution in [2.24, 2.45) is 0 Å². The third-order valence-electron chi connectivity index (χ3n) is 3.52. The number of para-hydroxylation sites is 3. The minimum atomic E-state index is -1.09. The Hall–Kier alpha value is -3.88. The summed E-state index contributed by atoms with van der Waals surface area (Å²) in [6.45, 7) is 5.16. The van der Waals surface area contributed by atoms with Crippen LogP contribution in [0.5, 0.6) is 11.5 Å². The maximum atomic E-state index is 12.3. The van der Waals surface area contributed by atoms with E-state index in [1.165, 1.54) is 37.3 Å². The molecule has 0 spiro atoms. The molecule has 9 heteroatoms. The fraction of sp³-hybridized carbons (Fsp3) is 0.158. The van der Waals surface area contributed by atoms with Crippen LogP contribution in [0.2, 0.25) is 0 Å². The predicted octanol–water partition coefficient (Wildman–Crippen LogP) is 2.39. The number of nitro benzene ring substituents is 1. The summed E-state index contributed by atoms with van der Waals surface area (Å²) in [7, 11) is 0. The van der Waals surface area contributed by atoms with Crippen LogP contribution in [-0.4, -0.2) is 29.4 Å². The number of nitro groups is 1. The minimum absolute atomic E-state index is 0.0513. The largest absolute Gasteiger partial charge is 0.489 e. The number of hydrogen-bond donors (Lipinski definition) is 2. The molecule has 28 heavy (non-hydrogen) atoms. The highest BCUT2D eigenvalue weighted by molar-refractivity contribution is 5.98. The second-order valence-corrected chi connectivity index (χ2v) is 5.52. The van der Waals surface area contributed by atoms with Crippen LogP contribution in [-0.2, 0) is 4.79 Å². The van der Waals surface area contributed by atoms with Gasteiger partial charge in [-0.3, -0.25) is 30.6 Å². The van der Waals surface area contributed by atoms with Gasteiger partial charge in [0.15, 0.2) is 11.9 Å². The molecular weight excluding hydrogens is 366 g/mol. The minimum Gasteiger partial charge on any atom is -0.489 e. The molecule has 0 aromatic heterocycles. The first kappa shape index (κ1) is 20.4. The number of hydrogen-bond acceptors (Lipinski definition) is 6. The summed E-state index contributed by atoms with van der Waals surface area (Å²) < 4.78 is 10.7. The van der Waals surface area contributed by atoms with E-state index in [0.717, 1.165) is 0 Å². The Bertz CT molecular complexity index is 883. The Morgan fingerprint density at radius 1 is 1.14 bits per heavy atom. The molecule has 2 N–H and O–H groups in total. The molecular formula is C19H19N3O6. The van der Waals surface area contributed by atoms with Gasteiger partial charge in [0.25, 0.3) is 11.8 Å². The molecule has 0 aliphatic carbocycles. The molecule has 146 valence electrons. The maximum Gasteiger partial charge on any atom is 0.310 e. The third-order valence-corrected chi connectivity index (χ3v) is 3.52. The molecule has 2 amide bonds. The molecule has 2 rings (SSSR count). The lowest BCUT2D eigenvalue weighted by atomic mass is 10.2. The SMILES string of the molecule is C=CCOc1ccccc1C(=O)NNC(=O)[C@H](C)Oc1ccccc1[N+](=O)[O-]. The van der Waals surface area contributed by atoms with Crippen molar-refractivity contribution >= 4 is 17.5 Å². The first-order valence-corrected chi connectivity index (χ1v) is 8.27. The number of benzene rings is 2. The molecule has 0 heterocycles. The van der Waals surface area contributed by atoms with Gasteiger partial charge in [-0.25, -0.2) is 0 Å². The highest BCUT2D eigenvalue weighted by atomic mass is 16.6. The topological polar surface area (TPSA) is 120 Å². The van der Waals surface area contributed by atoms with Crippen molar-refractivity contribution in [2.75, 3.05) is 6.61 Å². The zero-order valence-corrected chi connectivity index (χ0v) is 15.1. The zero-order chi connectivity index (χ0) is 20.5. The van der Waals surface area contributed by atoms with Crippen LogP contribution < -0.4 is 20.3 Å². The first-order valence-electron chi connectivity index (χ1n) is 8.27. The predicted molar refractivity (Wildman–Crippen MR) is 101 cm³/mol. The molecule has 0 aliphatic rings. The molecule has 0 saturated heterocycles. The van der Waals surface area contributed by atoms with Crippen molar-refractivity contribution < 1.29 is 24.0 Å². The van der Waals surface area contributed by atoms with E-state index in [9.17, 15) is 19.7 Å². The average molecular weight is 385 g/mol. The fourth-order valence-electron chi connectivity index (χ4n) is 2.17. The highest BCUT2D eigenvalue weighted by Gasteiger charge is 2.21. The lowest BCUT2D eigenvalue weighted by Crippen LogP contribution is -2.47. The summed E-state index contributed by atoms with van der Waals surface area (Å²) >= 11 is 0. The number of nitrogens with zero attached hydrogens (tertiary/aromatic N) is 1. The van der Waals surface area contributed by atoms with Gasteiger partial charge in [0.2, 0.25) is 0 Å². The molecule has 0 aliphatic heterocycles. The lowest BCUT2D eigenvalue weighted by Gasteiger charge is -2.15. The Kier molecular flexibility index (Phi) is 7.09. The van der Waals surface area contributed by atoms with Crippen LogP contribution in [0.25, 0.3) is 0 Å². The molecule has 9 nitrogen and oxygen atoms in total. The van der Waals surface area contributed by atoms with Crippen molar-refractivity contribution in [1.29, 1.82) is 0 Å². The third kappa shape index (κ3) is 5.31. The van der Waals surface area contributed by atoms with E-state index in [-0.39, 0.29) is 23.6 Å². The molecule has 1 atom stereocenters. The summed E-state index contributed by atoms with van der Waals surface area (Å²) in [5.41, 5.74) is 4.44. The second kappa shape index (κ2) is 9.72. The fourth-order valence-corrected chi connectivity index (χ4v) is 2.17. The molecule has 0 radical (unpaired) electrons. The van der Waals surface area contributed by atoms with Crippen molar-refractivity contribution in [2.45, 2.75) is 13.0 Å². The first-order chi connectivity index (χ1) is 13.4. The molecule has 0 bridgehead atoms. The van der Waals surface area contributed by atoms with Crippen LogP contribution in [0.4, 0.5) is 5.69 Å². The number of ether oxygens (including phenoxy) is 2. The summed E-state index contributed by atoms with van der Waals surface area (Å²) in [5.74, 6) is -0.995. The smallest absolute Gasteiger partial charge is 0.310 e. The van der Waals surface area contributed by atoms with Crippen molar-refractivity contribution in [3.63, 3.8) is 0 Å². The Labute approximate surface area is 161 Å². The zero-order valence-electron chi connectivity index (χ0n) is 15.1. The van der Waals surface area contributed by atoms with Crippen LogP contribution in [0.15, 0.2) is 61.2 Å². The summed E-state index contributed by atoms with van der Waals surface area (Å²) in [6.07, 6.45) is 0.451. The second-order valence-electron chi connectivity index (χ2n) is 5.52. The highest BCUT2D eigenvalue weighted by Crippen LogP contribution is 2.26. The number of hydrazine groups is 1. The monoisotopic (exact) mass is 385 g/mol. The van der Waals surface area contributed by atoms with Crippen LogP contribution in [0, 0.1) is 10.1 Å². The van der Waals surface area contributed by atoms with E-state index in [1.807, 2.05) is 0 Å². The molecule has 2 aromatic rings. The van der Waals surface area contributed by atoms with Gasteiger partial charge in [0.1, 0.15) is 12.4 Å². The van der Waals surface area contributed by atoms with Crippen LogP contribution in [0.3, 0.4) is 0 Å². The Balaban J connectivity index is 1.98. The van der Waals surface area contributed by atoms with E-state index in [1.54, 1.807) is 24.3 Å². The van der Waals surface area contributed by atoms with Crippen LogP contribution >= 0.6 is 0 Å². The summed E-state index contributed by atoms with van der Waals surface area (Å²) in [5, 5.41) is 11.0. The molecule has 0 unspecified atom stereocenters. The van der Waals surface area contributed by atoms with Crippen molar-refractivity contribution in [3.8, 4) is 11.5 Å². The van der Waals surface area contributed by atoms with Gasteiger partial charge in [-0.05, 0) is 25.1 Å². The van der Waals surface area contributed by atoms with Crippen LogP contribution in [0.1, 0.15) is 17.3 Å². The van der Waals surface area contributed by atoms with E-state index in [2.05, 4.69) is 17.4 Å². The van der Waals surface area contributed by atoms with Gasteiger partial charge in [-0.1, -0.05) is 36.9 Å². The molecule has 2 aromatic carbocycles. The van der Waals surface area contributed by atoms with Gasteiger partial charge >= 0.3 is 5.69 Å². The summed E-state index contributed by atoms with van der Waals surface area (Å²) in [4.78, 5) is 34.8. The standard InChI is InChI=1S/C19H19N3O6/c1-3-12-27-16-10-6-4-8-14(16)19(24)21-20-18(23)13(2)28-17-11-7-5-9-15(17)22(25)26/h3-11,13H,1,12H2,2H3,(H,20,23)(H,21,24)/t13-/m0/s1. The van der Waals surface area contributed by atoms with Gasteiger partial charge in [0, 0.05) is 6.07 Å². The van der Waals surface area contributed by atoms with Crippen molar-refractivity contribution in [3.05, 3.63) is 76.9 Å². The van der Waals surface area contributed by atoms with Gasteiger partial charge in [-0.2, -0.15) is 0 Å². The van der Waals surface area contributed by atoms with E-state index >= 15 is 0 Å². The lowest BCUT2D eigenvalue weighted by molar-refractivity contribution is -0.386. The quantitative estimate of drug-likeness (QED) is 0.409. The van der Waals surface area contributed by atoms with Gasteiger partial charge in [-0.15, -0.1) is 0 Å². The van der Waals surface area contributed by atoms with E-state index in [0.29, 0.717) is 5.75 Å². The molecule has 0 fully saturated rings. The molecule has 0 saturated carbocycles. The number of amides is 2. The maximum absolute atomic E-state index is 12.3. The summed E-state index contributed by atoms with van der Waals surface area (Å²) in [6, 6.07) is 12.2. The van der Waals surface area contributed by atoms with Gasteiger partial charge < -0.3 is 9.47 Å². The van der Waals surface area contributed by atoms with E-state index in [4.69, 9.17) is 9.47 Å². The average Bonchev–Trinajstić information content (AvgIpc) is 2.70. The number of carbonyl (C=O) groups is 2. The van der Waals surface area contributed by atoms with Gasteiger partial charge in [0.05, 0.1) is 10.5 Å². The van der Waals surface area contributed by atoms with E-state index < -0.39 is 22.8 Å². The number of rotatable bonds is 8.